The van der Waals surface area contributed by atoms with Gasteiger partial charge in [0.1, 0.15) is 17.4 Å². The maximum absolute atomic E-state index is 14.9. The molecule has 2 aliphatic rings. The second-order valence-corrected chi connectivity index (χ2v) is 10.6. The highest BCUT2D eigenvalue weighted by Gasteiger charge is 2.44. The number of rotatable bonds is 8. The van der Waals surface area contributed by atoms with E-state index in [-0.39, 0.29) is 39.8 Å². The number of alkyl halides is 2. The van der Waals surface area contributed by atoms with E-state index in [2.05, 4.69) is 46.9 Å². The van der Waals surface area contributed by atoms with Crippen molar-refractivity contribution in [1.29, 1.82) is 0 Å². The largest absolute Gasteiger partial charge is 0.434 e. The lowest BCUT2D eigenvalue weighted by molar-refractivity contribution is -0.119. The Morgan fingerprint density at radius 2 is 1.93 bits per heavy atom. The first-order chi connectivity index (χ1) is 21.0. The quantitative estimate of drug-likeness (QED) is 0.283. The summed E-state index contributed by atoms with van der Waals surface area (Å²) in [6, 6.07) is 1.76. The molecule has 4 heterocycles. The molecule has 1 N–H and O–H groups in total. The summed E-state index contributed by atoms with van der Waals surface area (Å²) in [5, 5.41) is 6.64. The van der Waals surface area contributed by atoms with Crippen LogP contribution in [-0.4, -0.2) is 54.7 Å². The van der Waals surface area contributed by atoms with E-state index in [1.165, 1.54) is 13.1 Å². The summed E-state index contributed by atoms with van der Waals surface area (Å²) in [6.45, 7) is 2.39. The van der Waals surface area contributed by atoms with Crippen LogP contribution in [0.5, 0.6) is 5.75 Å². The van der Waals surface area contributed by atoms with Crippen LogP contribution in [0.2, 0.25) is 5.02 Å². The molecular weight excluding hydrogens is 601 g/mol. The average molecular weight is 623 g/mol. The van der Waals surface area contributed by atoms with Crippen molar-refractivity contribution < 1.29 is 27.5 Å². The van der Waals surface area contributed by atoms with Crippen molar-refractivity contribution in [1.82, 2.24) is 29.7 Å². The summed E-state index contributed by atoms with van der Waals surface area (Å²) in [5.41, 5.74) is 0.802. The van der Waals surface area contributed by atoms with Gasteiger partial charge in [-0.25, -0.2) is 14.4 Å². The molecule has 1 aromatic carbocycles. The van der Waals surface area contributed by atoms with Crippen molar-refractivity contribution in [2.45, 2.75) is 33.4 Å². The molecule has 0 radical (unpaired) electrons. The van der Waals surface area contributed by atoms with Crippen molar-refractivity contribution >= 4 is 34.9 Å². The highest BCUT2D eigenvalue weighted by Crippen LogP contribution is 2.36. The summed E-state index contributed by atoms with van der Waals surface area (Å²) in [6.07, 6.45) is 5.70. The average Bonchev–Trinajstić information content (AvgIpc) is 3.51. The van der Waals surface area contributed by atoms with Crippen LogP contribution < -0.4 is 15.0 Å². The number of nitrogens with zero attached hydrogens (tertiary/aromatic N) is 7. The second kappa shape index (κ2) is 11.2. The fourth-order valence-electron chi connectivity index (χ4n) is 4.97. The van der Waals surface area contributed by atoms with E-state index >= 15 is 0 Å². The summed E-state index contributed by atoms with van der Waals surface area (Å²) in [7, 11) is 0. The van der Waals surface area contributed by atoms with Crippen molar-refractivity contribution in [2.75, 3.05) is 16.8 Å². The van der Waals surface area contributed by atoms with Gasteiger partial charge >= 0.3 is 6.61 Å². The number of fused-ring (bicyclic) bond motifs is 1. The van der Waals surface area contributed by atoms with Crippen LogP contribution in [-0.2, 0) is 4.79 Å². The lowest BCUT2D eigenvalue weighted by Gasteiger charge is -2.18. The number of carbonyl (C=O) groups excluding carboxylic acids is 2. The zero-order chi connectivity index (χ0) is 31.3. The van der Waals surface area contributed by atoms with Gasteiger partial charge in [-0.1, -0.05) is 23.4 Å². The molecule has 0 saturated carbocycles. The fraction of sp³-hybridized carbons (Fsp3) is 0.276. The highest BCUT2D eigenvalue weighted by molar-refractivity contribution is 6.31. The first-order valence-corrected chi connectivity index (χ1v) is 13.7. The van der Waals surface area contributed by atoms with Gasteiger partial charge in [0.15, 0.2) is 11.6 Å². The van der Waals surface area contributed by atoms with Gasteiger partial charge in [0, 0.05) is 12.7 Å². The molecule has 2 amide bonds. The van der Waals surface area contributed by atoms with Crippen LogP contribution in [0, 0.1) is 43.3 Å². The number of carbonyl (C=O) groups is 2. The van der Waals surface area contributed by atoms with Gasteiger partial charge in [-0.15, -0.1) is 0 Å². The molecule has 224 valence electrons. The van der Waals surface area contributed by atoms with E-state index in [4.69, 9.17) is 11.6 Å². The van der Waals surface area contributed by atoms with Crippen molar-refractivity contribution in [2.24, 2.45) is 11.8 Å². The minimum Gasteiger partial charge on any atom is -0.434 e. The molecule has 1 unspecified atom stereocenters. The van der Waals surface area contributed by atoms with Crippen LogP contribution >= 0.6 is 11.6 Å². The first-order valence-electron chi connectivity index (χ1n) is 13.3. The third kappa shape index (κ3) is 5.19. The Morgan fingerprint density at radius 1 is 1.14 bits per heavy atom. The summed E-state index contributed by atoms with van der Waals surface area (Å²) in [5.74, 6) is 3.82. The molecule has 11 nitrogen and oxygen atoms in total. The molecule has 0 bridgehead atoms. The predicted octanol–water partition coefficient (Wildman–Crippen LogP) is 4.60. The Labute approximate surface area is 253 Å². The van der Waals surface area contributed by atoms with Crippen molar-refractivity contribution in [3.05, 3.63) is 70.5 Å². The molecule has 1 fully saturated rings. The van der Waals surface area contributed by atoms with Crippen LogP contribution in [0.1, 0.15) is 40.5 Å². The van der Waals surface area contributed by atoms with Crippen LogP contribution in [0.25, 0.3) is 11.3 Å². The zero-order valence-corrected chi connectivity index (χ0v) is 24.1. The minimum atomic E-state index is -3.23. The van der Waals surface area contributed by atoms with Gasteiger partial charge in [-0.2, -0.15) is 13.9 Å². The first kappa shape index (κ1) is 29.1. The Balaban J connectivity index is 1.20. The number of benzene rings is 1. The van der Waals surface area contributed by atoms with Crippen molar-refractivity contribution in [3.63, 3.8) is 0 Å². The molecule has 1 saturated heterocycles. The van der Waals surface area contributed by atoms with Crippen LogP contribution in [0.15, 0.2) is 36.9 Å². The summed E-state index contributed by atoms with van der Waals surface area (Å²) < 4.78 is 46.8. The van der Waals surface area contributed by atoms with Gasteiger partial charge in [-0.3, -0.25) is 29.1 Å². The predicted molar refractivity (Wildman–Crippen MR) is 152 cm³/mol. The number of ether oxygens (including phenoxy) is 1. The van der Waals surface area contributed by atoms with Gasteiger partial charge in [0.2, 0.25) is 5.91 Å². The Kier molecular flexibility index (Phi) is 7.42. The van der Waals surface area contributed by atoms with Gasteiger partial charge < -0.3 is 10.1 Å². The topological polar surface area (TPSA) is 128 Å². The molecule has 3 aromatic heterocycles. The second-order valence-electron chi connectivity index (χ2n) is 10.2. The maximum Gasteiger partial charge on any atom is 0.387 e. The number of aryl methyl sites for hydroxylation is 2. The Morgan fingerprint density at radius 3 is 2.59 bits per heavy atom. The van der Waals surface area contributed by atoms with Crippen LogP contribution in [0.3, 0.4) is 0 Å². The molecule has 0 spiro atoms. The van der Waals surface area contributed by atoms with Crippen LogP contribution in [0.4, 0.5) is 24.7 Å². The van der Waals surface area contributed by atoms with E-state index in [1.54, 1.807) is 28.9 Å². The normalized spacial score (nSPS) is 17.5. The molecule has 3 atom stereocenters. The fourth-order valence-corrected chi connectivity index (χ4v) is 5.12. The third-order valence-electron chi connectivity index (χ3n) is 7.32. The number of hydrogen-bond donors (Lipinski definition) is 1. The van der Waals surface area contributed by atoms with E-state index in [9.17, 15) is 22.8 Å². The van der Waals surface area contributed by atoms with Gasteiger partial charge in [0.25, 0.3) is 5.91 Å². The standard InChI is InChI=1S/C29H22ClF3N8O3/c1-13-25(39-21(10-34-13)23-22(44-29(32)33)7-6-19(30)24(23)31)27(42)38-17-8-36-41(12-17)15(3)20-9-35-26(14(2)37-20)40-11-16-4-5-18(16)28(40)43/h6-10,12,15-16,18,29H,11H2,1-3H3,(H,38,42)/t15?,16-,18-/m1/s1. The monoisotopic (exact) mass is 622 g/mol. The van der Waals surface area contributed by atoms with Gasteiger partial charge in [0.05, 0.1) is 69.6 Å². The molecule has 15 heteroatoms. The number of hydrogen-bond acceptors (Lipinski definition) is 8. The minimum absolute atomic E-state index is 0.0345. The lowest BCUT2D eigenvalue weighted by Crippen LogP contribution is -2.28. The van der Waals surface area contributed by atoms with Crippen molar-refractivity contribution in [3.8, 4) is 28.8 Å². The number of aromatic nitrogens is 6. The smallest absolute Gasteiger partial charge is 0.387 e. The zero-order valence-electron chi connectivity index (χ0n) is 23.3. The number of nitrogens with one attached hydrogen (secondary N) is 1. The van der Waals surface area contributed by atoms with E-state index in [1.807, 2.05) is 6.92 Å². The lowest BCUT2D eigenvalue weighted by atomic mass is 9.89. The van der Waals surface area contributed by atoms with E-state index in [0.717, 1.165) is 18.3 Å². The van der Waals surface area contributed by atoms with E-state index in [0.29, 0.717) is 29.4 Å². The molecular formula is C29H22ClF3N8O3. The van der Waals surface area contributed by atoms with Gasteiger partial charge in [-0.05, 0) is 32.9 Å². The number of amides is 2. The molecule has 44 heavy (non-hydrogen) atoms. The third-order valence-corrected chi connectivity index (χ3v) is 7.61. The molecule has 6 rings (SSSR count). The molecule has 1 aliphatic carbocycles. The number of halogens is 4. The molecule has 4 aromatic rings. The summed E-state index contributed by atoms with van der Waals surface area (Å²) in [4.78, 5) is 44.8. The van der Waals surface area contributed by atoms with E-state index < -0.39 is 35.7 Å². The maximum atomic E-state index is 14.9. The highest BCUT2D eigenvalue weighted by atomic mass is 35.5. The number of anilines is 2. The molecule has 1 aliphatic heterocycles. The Bertz CT molecular complexity index is 1890. The Hall–Kier alpha value is -5.03. The SMILES string of the molecule is Cc1ncc(-c2c(OC(F)F)ccc(Cl)c2F)nc1C(=O)Nc1cnn(C(C)c2cnc(N3C[C@H]4C#C[C@H]4C3=O)c(C)n2)c1. The summed E-state index contributed by atoms with van der Waals surface area (Å²) >= 11 is 5.87.